The van der Waals surface area contributed by atoms with Crippen molar-refractivity contribution < 1.29 is 19.0 Å². The Hall–Kier alpha value is -3.63. The first kappa shape index (κ1) is 28.9. The summed E-state index contributed by atoms with van der Waals surface area (Å²) in [6.07, 6.45) is 10.7. The molecule has 0 amide bonds. The molecule has 2 atom stereocenters. The average molecular weight is 558 g/mol. The number of fused-ring (bicyclic) bond motifs is 1. The maximum absolute atomic E-state index is 11.5. The molecule has 1 fully saturated rings. The number of aromatic nitrogens is 2. The highest BCUT2D eigenvalue weighted by atomic mass is 16.5. The molecule has 41 heavy (non-hydrogen) atoms. The molecule has 0 saturated carbocycles. The Morgan fingerprint density at radius 3 is 2.85 bits per heavy atom. The van der Waals surface area contributed by atoms with Crippen LogP contribution in [0.4, 0.5) is 5.82 Å². The largest absolute Gasteiger partial charge is 0.460 e. The highest BCUT2D eigenvalue weighted by Gasteiger charge is 2.40. The molecule has 0 bridgehead atoms. The maximum Gasteiger partial charge on any atom is 0.320 e. The van der Waals surface area contributed by atoms with Gasteiger partial charge in [-0.25, -0.2) is 4.98 Å². The topological polar surface area (TPSA) is 112 Å². The van der Waals surface area contributed by atoms with Crippen LogP contribution >= 0.6 is 0 Å². The van der Waals surface area contributed by atoms with Gasteiger partial charge < -0.3 is 25.3 Å². The van der Waals surface area contributed by atoms with Crippen molar-refractivity contribution in [2.75, 3.05) is 51.3 Å². The lowest BCUT2D eigenvalue weighted by molar-refractivity contribution is -0.143. The number of nitrogens with two attached hydrogens (primary N) is 1. The molecular formula is C32H39N5O4. The third-order valence-corrected chi connectivity index (χ3v) is 7.78. The Kier molecular flexibility index (Phi) is 9.41. The van der Waals surface area contributed by atoms with Gasteiger partial charge >= 0.3 is 5.97 Å². The zero-order valence-electron chi connectivity index (χ0n) is 23.8. The van der Waals surface area contributed by atoms with Gasteiger partial charge in [-0.2, -0.15) is 0 Å². The third kappa shape index (κ3) is 6.82. The summed E-state index contributed by atoms with van der Waals surface area (Å²) in [5, 5.41) is 4.55. The van der Waals surface area contributed by atoms with E-state index < -0.39 is 11.7 Å². The number of allylic oxidation sites excluding steroid dienone is 2. The molecule has 2 aliphatic rings. The summed E-state index contributed by atoms with van der Waals surface area (Å²) in [4.78, 5) is 23.3. The number of anilines is 1. The number of pyridine rings is 2. The van der Waals surface area contributed by atoms with Crippen LogP contribution in [0.15, 0.2) is 67.0 Å². The monoisotopic (exact) mass is 557 g/mol. The molecule has 3 aromatic rings. The first-order valence-electron chi connectivity index (χ1n) is 14.3. The number of carbonyl (C=O) groups excluding carboxylic acids is 1. The second-order valence-electron chi connectivity index (χ2n) is 10.5. The fraction of sp³-hybridized carbons (Fsp3) is 0.406. The van der Waals surface area contributed by atoms with Crippen molar-refractivity contribution in [3.05, 3.63) is 83.7 Å². The van der Waals surface area contributed by atoms with Gasteiger partial charge in [0, 0.05) is 48.9 Å². The summed E-state index contributed by atoms with van der Waals surface area (Å²) in [7, 11) is 0. The molecule has 2 aromatic heterocycles. The van der Waals surface area contributed by atoms with Crippen molar-refractivity contribution in [2.24, 2.45) is 11.7 Å². The third-order valence-electron chi connectivity index (χ3n) is 7.78. The summed E-state index contributed by atoms with van der Waals surface area (Å²) in [5.74, 6) is 0.151. The minimum Gasteiger partial charge on any atom is -0.460 e. The van der Waals surface area contributed by atoms with E-state index in [9.17, 15) is 4.79 Å². The Balaban J connectivity index is 1.41. The van der Waals surface area contributed by atoms with Crippen LogP contribution in [0.2, 0.25) is 0 Å². The van der Waals surface area contributed by atoms with Gasteiger partial charge in [0.1, 0.15) is 12.1 Å². The van der Waals surface area contributed by atoms with E-state index in [0.717, 1.165) is 50.2 Å². The van der Waals surface area contributed by atoms with Crippen molar-refractivity contribution in [3.63, 3.8) is 0 Å². The Bertz CT molecular complexity index is 1420. The van der Waals surface area contributed by atoms with Gasteiger partial charge in [-0.05, 0) is 48.3 Å². The van der Waals surface area contributed by atoms with Crippen LogP contribution in [0.3, 0.4) is 0 Å². The molecule has 0 spiro atoms. The molecule has 9 nitrogen and oxygen atoms in total. The number of morpholine rings is 1. The number of aryl methyl sites for hydroxylation is 1. The highest BCUT2D eigenvalue weighted by molar-refractivity contribution is 5.89. The molecular weight excluding hydrogens is 518 g/mol. The lowest BCUT2D eigenvalue weighted by atomic mass is 9.80. The van der Waals surface area contributed by atoms with Crippen molar-refractivity contribution in [1.29, 1.82) is 0 Å². The average Bonchev–Trinajstić information content (AvgIpc) is 3.00. The quantitative estimate of drug-likeness (QED) is 0.205. The fourth-order valence-electron chi connectivity index (χ4n) is 5.43. The van der Waals surface area contributed by atoms with Gasteiger partial charge in [-0.3, -0.25) is 14.7 Å². The number of hydrogen-bond donors (Lipinski definition) is 2. The van der Waals surface area contributed by atoms with E-state index in [2.05, 4.69) is 71.5 Å². The molecule has 1 aliphatic carbocycles. The smallest absolute Gasteiger partial charge is 0.320 e. The van der Waals surface area contributed by atoms with E-state index in [-0.39, 0.29) is 19.1 Å². The Morgan fingerprint density at radius 1 is 1.22 bits per heavy atom. The normalized spacial score (nSPS) is 21.0. The molecule has 3 heterocycles. The van der Waals surface area contributed by atoms with E-state index in [0.29, 0.717) is 17.9 Å². The minimum atomic E-state index is -0.838. The number of nitrogens with one attached hydrogen (secondary N) is 1. The van der Waals surface area contributed by atoms with E-state index >= 15 is 0 Å². The van der Waals surface area contributed by atoms with Crippen molar-refractivity contribution >= 4 is 28.3 Å². The molecule has 1 saturated heterocycles. The summed E-state index contributed by atoms with van der Waals surface area (Å²) >= 11 is 0. The Morgan fingerprint density at radius 2 is 2.05 bits per heavy atom. The molecule has 2 unspecified atom stereocenters. The number of carbonyl (C=O) groups is 1. The fourth-order valence-corrected chi connectivity index (χ4v) is 5.43. The van der Waals surface area contributed by atoms with Crippen LogP contribution in [0.1, 0.15) is 30.0 Å². The molecule has 216 valence electrons. The SMILES string of the molecule is Cc1ccccc1C1=CC=CC(Nc2nccc3cc(COC(=O)CN)cnc23)(OCCCN2CCOCC2)C1C. The zero-order chi connectivity index (χ0) is 28.7. The minimum absolute atomic E-state index is 0.0241. The zero-order valence-corrected chi connectivity index (χ0v) is 23.8. The molecule has 1 aliphatic heterocycles. The second kappa shape index (κ2) is 13.4. The predicted molar refractivity (Wildman–Crippen MR) is 160 cm³/mol. The summed E-state index contributed by atoms with van der Waals surface area (Å²) < 4.78 is 17.5. The van der Waals surface area contributed by atoms with Gasteiger partial charge in [0.05, 0.1) is 26.4 Å². The van der Waals surface area contributed by atoms with Gasteiger partial charge in [0.2, 0.25) is 0 Å². The van der Waals surface area contributed by atoms with Crippen LogP contribution in [-0.2, 0) is 25.6 Å². The standard InChI is InChI=1S/C32H39N5O4/c1-23-7-3-4-8-27(23)28-9-5-11-32(24(28)2,41-16-6-13-37-14-17-39-18-15-37)36-31-30-26(10-12-34-31)19-25(21-35-30)22-40-29(38)20-33/h3-5,7-12,19,21,24H,6,13-18,20,22,33H2,1-2H3,(H,34,36). The lowest BCUT2D eigenvalue weighted by Gasteiger charge is -2.41. The molecule has 9 heteroatoms. The summed E-state index contributed by atoms with van der Waals surface area (Å²) in [6, 6.07) is 12.3. The summed E-state index contributed by atoms with van der Waals surface area (Å²) in [5.41, 5.74) is 9.63. The number of esters is 1. The lowest BCUT2D eigenvalue weighted by Crippen LogP contribution is -2.48. The van der Waals surface area contributed by atoms with E-state index in [1.165, 1.54) is 16.7 Å². The van der Waals surface area contributed by atoms with Crippen molar-refractivity contribution in [2.45, 2.75) is 32.6 Å². The maximum atomic E-state index is 11.5. The number of rotatable bonds is 11. The Labute approximate surface area is 241 Å². The van der Waals surface area contributed by atoms with Crippen LogP contribution in [-0.4, -0.2) is 72.6 Å². The van der Waals surface area contributed by atoms with Gasteiger partial charge in [-0.15, -0.1) is 0 Å². The second-order valence-corrected chi connectivity index (χ2v) is 10.5. The number of hydrogen-bond acceptors (Lipinski definition) is 9. The van der Waals surface area contributed by atoms with E-state index in [1.807, 2.05) is 12.1 Å². The first-order chi connectivity index (χ1) is 20.0. The molecule has 5 rings (SSSR count). The predicted octanol–water partition coefficient (Wildman–Crippen LogP) is 4.08. The van der Waals surface area contributed by atoms with E-state index in [1.54, 1.807) is 12.4 Å². The van der Waals surface area contributed by atoms with Gasteiger partial charge in [-0.1, -0.05) is 43.3 Å². The number of ether oxygens (including phenoxy) is 3. The molecule has 3 N–H and O–H groups in total. The van der Waals surface area contributed by atoms with E-state index in [4.69, 9.17) is 24.9 Å². The van der Waals surface area contributed by atoms with Gasteiger partial charge in [0.25, 0.3) is 0 Å². The number of benzene rings is 1. The van der Waals surface area contributed by atoms with Crippen LogP contribution in [0.5, 0.6) is 0 Å². The number of nitrogens with zero attached hydrogens (tertiary/aromatic N) is 3. The molecule has 0 radical (unpaired) electrons. The van der Waals surface area contributed by atoms with Gasteiger partial charge in [0.15, 0.2) is 11.5 Å². The van der Waals surface area contributed by atoms with Crippen LogP contribution in [0, 0.1) is 12.8 Å². The summed E-state index contributed by atoms with van der Waals surface area (Å²) in [6.45, 7) is 9.32. The van der Waals surface area contributed by atoms with Crippen molar-refractivity contribution in [3.8, 4) is 0 Å². The van der Waals surface area contributed by atoms with Crippen molar-refractivity contribution in [1.82, 2.24) is 14.9 Å². The van der Waals surface area contributed by atoms with Crippen LogP contribution in [0.25, 0.3) is 16.5 Å². The molecule has 1 aromatic carbocycles. The highest BCUT2D eigenvalue weighted by Crippen LogP contribution is 2.40. The van der Waals surface area contributed by atoms with Crippen LogP contribution < -0.4 is 11.1 Å². The first-order valence-corrected chi connectivity index (χ1v) is 14.3.